The monoisotopic (exact) mass is 331 g/mol. The molecule has 0 radical (unpaired) electrons. The Hall–Kier alpha value is -1.79. The fourth-order valence-corrected chi connectivity index (χ4v) is 4.11. The number of carbonyl (C=O) groups excluding carboxylic acids is 1. The molecule has 3 rings (SSSR count). The van der Waals surface area contributed by atoms with E-state index in [-0.39, 0.29) is 5.91 Å². The Morgan fingerprint density at radius 2 is 2.13 bits per heavy atom. The molecular formula is C17H21N3O2S. The summed E-state index contributed by atoms with van der Waals surface area (Å²) in [5, 5.41) is 11.2. The number of aliphatic hydroxyl groups is 1. The van der Waals surface area contributed by atoms with E-state index in [1.54, 1.807) is 18.1 Å². The molecule has 2 aromatic rings. The molecule has 2 heterocycles. The van der Waals surface area contributed by atoms with E-state index in [0.717, 1.165) is 36.4 Å². The number of pyridine rings is 1. The van der Waals surface area contributed by atoms with Crippen molar-refractivity contribution >= 4 is 17.2 Å². The summed E-state index contributed by atoms with van der Waals surface area (Å²) >= 11 is 1.36. The summed E-state index contributed by atoms with van der Waals surface area (Å²) in [6.45, 7) is 2.22. The van der Waals surface area contributed by atoms with Gasteiger partial charge >= 0.3 is 0 Å². The molecule has 0 unspecified atom stereocenters. The van der Waals surface area contributed by atoms with E-state index in [2.05, 4.69) is 9.97 Å². The van der Waals surface area contributed by atoms with Gasteiger partial charge in [0.15, 0.2) is 0 Å². The minimum atomic E-state index is -0.729. The van der Waals surface area contributed by atoms with Gasteiger partial charge in [0.2, 0.25) is 0 Å². The molecule has 1 aliphatic carbocycles. The largest absolute Gasteiger partial charge is 0.388 e. The number of amides is 1. The van der Waals surface area contributed by atoms with Gasteiger partial charge in [0.1, 0.15) is 9.88 Å². The first-order valence-electron chi connectivity index (χ1n) is 7.85. The predicted octanol–water partition coefficient (Wildman–Crippen LogP) is 2.89. The summed E-state index contributed by atoms with van der Waals surface area (Å²) in [6, 6.07) is 5.64. The Labute approximate surface area is 140 Å². The molecule has 0 atom stereocenters. The molecule has 0 saturated heterocycles. The summed E-state index contributed by atoms with van der Waals surface area (Å²) < 4.78 is 0. The summed E-state index contributed by atoms with van der Waals surface area (Å²) in [4.78, 5) is 23.7. The molecule has 2 aromatic heterocycles. The van der Waals surface area contributed by atoms with Crippen LogP contribution in [0.5, 0.6) is 0 Å². The first-order chi connectivity index (χ1) is 11.0. The van der Waals surface area contributed by atoms with Crippen molar-refractivity contribution in [2.24, 2.45) is 0 Å². The highest BCUT2D eigenvalue weighted by molar-refractivity contribution is 7.17. The molecule has 122 valence electrons. The molecule has 1 amide bonds. The van der Waals surface area contributed by atoms with Crippen molar-refractivity contribution in [1.29, 1.82) is 0 Å². The van der Waals surface area contributed by atoms with Crippen LogP contribution in [0, 0.1) is 6.92 Å². The van der Waals surface area contributed by atoms with Crippen LogP contribution in [0.15, 0.2) is 24.4 Å². The predicted molar refractivity (Wildman–Crippen MR) is 90.5 cm³/mol. The molecule has 1 saturated carbocycles. The van der Waals surface area contributed by atoms with Gasteiger partial charge in [-0.25, -0.2) is 4.98 Å². The van der Waals surface area contributed by atoms with Gasteiger partial charge in [0.25, 0.3) is 5.91 Å². The number of hydrogen-bond donors (Lipinski definition) is 1. The van der Waals surface area contributed by atoms with Crippen molar-refractivity contribution < 1.29 is 9.90 Å². The minimum absolute atomic E-state index is 0.0810. The molecule has 1 aliphatic rings. The Bertz CT molecular complexity index is 693. The van der Waals surface area contributed by atoms with Crippen molar-refractivity contribution in [2.75, 3.05) is 13.6 Å². The fraction of sp³-hybridized carbons (Fsp3) is 0.471. The molecule has 5 nitrogen and oxygen atoms in total. The Morgan fingerprint density at radius 3 is 2.78 bits per heavy atom. The molecule has 23 heavy (non-hydrogen) atoms. The van der Waals surface area contributed by atoms with Crippen molar-refractivity contribution in [1.82, 2.24) is 14.9 Å². The van der Waals surface area contributed by atoms with Crippen LogP contribution in [0.1, 0.15) is 41.0 Å². The van der Waals surface area contributed by atoms with E-state index in [9.17, 15) is 9.90 Å². The van der Waals surface area contributed by atoms with Crippen LogP contribution in [-0.4, -0.2) is 45.1 Å². The smallest absolute Gasteiger partial charge is 0.265 e. The van der Waals surface area contributed by atoms with Gasteiger partial charge in [-0.3, -0.25) is 9.78 Å². The third-order valence-electron chi connectivity index (χ3n) is 4.29. The maximum Gasteiger partial charge on any atom is 0.265 e. The normalized spacial score (nSPS) is 16.5. The second-order valence-electron chi connectivity index (χ2n) is 6.24. The van der Waals surface area contributed by atoms with Crippen LogP contribution >= 0.6 is 11.3 Å². The zero-order chi connectivity index (χ0) is 16.4. The van der Waals surface area contributed by atoms with E-state index in [1.165, 1.54) is 11.3 Å². The van der Waals surface area contributed by atoms with Crippen molar-refractivity contribution in [3.63, 3.8) is 0 Å². The SMILES string of the molecule is Cc1nc(-c2ccccn2)sc1C(=O)N(C)CC1(O)CCCC1. The van der Waals surface area contributed by atoms with Gasteiger partial charge in [-0.2, -0.15) is 0 Å². The molecule has 6 heteroatoms. The summed E-state index contributed by atoms with van der Waals surface area (Å²) in [7, 11) is 1.75. The number of aryl methyl sites for hydroxylation is 1. The summed E-state index contributed by atoms with van der Waals surface area (Å²) in [5.41, 5.74) is 0.759. The standard InChI is InChI=1S/C17H21N3O2S/c1-12-14(23-15(19-12)13-7-3-6-10-18-13)16(21)20(2)11-17(22)8-4-5-9-17/h3,6-7,10,22H,4-5,8-9,11H2,1-2H3. The van der Waals surface area contributed by atoms with Crippen LogP contribution < -0.4 is 0 Å². The lowest BCUT2D eigenvalue weighted by atomic mass is 10.0. The number of rotatable bonds is 4. The topological polar surface area (TPSA) is 66.3 Å². The lowest BCUT2D eigenvalue weighted by Crippen LogP contribution is -2.42. The number of nitrogens with zero attached hydrogens (tertiary/aromatic N) is 3. The maximum absolute atomic E-state index is 12.7. The lowest BCUT2D eigenvalue weighted by Gasteiger charge is -2.28. The molecular weight excluding hydrogens is 310 g/mol. The molecule has 1 N–H and O–H groups in total. The number of likely N-dealkylation sites (N-methyl/N-ethyl adjacent to an activating group) is 1. The zero-order valence-electron chi connectivity index (χ0n) is 13.5. The van der Waals surface area contributed by atoms with Gasteiger partial charge in [0.05, 0.1) is 17.0 Å². The fourth-order valence-electron chi connectivity index (χ4n) is 3.07. The second kappa shape index (κ2) is 6.37. The Kier molecular flexibility index (Phi) is 4.46. The van der Waals surface area contributed by atoms with E-state index in [4.69, 9.17) is 0 Å². The van der Waals surface area contributed by atoms with Crippen LogP contribution in [0.3, 0.4) is 0 Å². The Morgan fingerprint density at radius 1 is 1.39 bits per heavy atom. The lowest BCUT2D eigenvalue weighted by molar-refractivity contribution is 0.0158. The van der Waals surface area contributed by atoms with Crippen LogP contribution in [-0.2, 0) is 0 Å². The highest BCUT2D eigenvalue weighted by Gasteiger charge is 2.34. The first kappa shape index (κ1) is 16.1. The molecule has 0 spiro atoms. The highest BCUT2D eigenvalue weighted by atomic mass is 32.1. The number of thiazole rings is 1. The van der Waals surface area contributed by atoms with Gasteiger partial charge in [-0.05, 0) is 31.9 Å². The van der Waals surface area contributed by atoms with E-state index in [1.807, 2.05) is 25.1 Å². The van der Waals surface area contributed by atoms with Crippen LogP contribution in [0.2, 0.25) is 0 Å². The molecule has 0 aromatic carbocycles. The van der Waals surface area contributed by atoms with E-state index < -0.39 is 5.60 Å². The number of aromatic nitrogens is 2. The van der Waals surface area contributed by atoms with Gasteiger partial charge in [-0.15, -0.1) is 11.3 Å². The third kappa shape index (κ3) is 3.43. The van der Waals surface area contributed by atoms with Crippen LogP contribution in [0.4, 0.5) is 0 Å². The highest BCUT2D eigenvalue weighted by Crippen LogP contribution is 2.31. The van der Waals surface area contributed by atoms with Gasteiger partial charge in [-0.1, -0.05) is 18.9 Å². The molecule has 0 bridgehead atoms. The number of hydrogen-bond acceptors (Lipinski definition) is 5. The Balaban J connectivity index is 1.78. The van der Waals surface area contributed by atoms with Crippen LogP contribution in [0.25, 0.3) is 10.7 Å². The maximum atomic E-state index is 12.7. The quantitative estimate of drug-likeness (QED) is 0.935. The van der Waals surface area contributed by atoms with Crippen molar-refractivity contribution in [3.8, 4) is 10.7 Å². The summed E-state index contributed by atoms with van der Waals surface area (Å²) in [6.07, 6.45) is 5.32. The second-order valence-corrected chi connectivity index (χ2v) is 7.24. The van der Waals surface area contributed by atoms with Gasteiger partial charge in [0, 0.05) is 19.8 Å². The average Bonchev–Trinajstić information content (AvgIpc) is 3.13. The first-order valence-corrected chi connectivity index (χ1v) is 8.67. The average molecular weight is 331 g/mol. The van der Waals surface area contributed by atoms with E-state index in [0.29, 0.717) is 17.1 Å². The van der Waals surface area contributed by atoms with Gasteiger partial charge < -0.3 is 10.0 Å². The van der Waals surface area contributed by atoms with E-state index >= 15 is 0 Å². The molecule has 0 aliphatic heterocycles. The third-order valence-corrected chi connectivity index (χ3v) is 5.46. The zero-order valence-corrected chi connectivity index (χ0v) is 14.3. The molecule has 1 fully saturated rings. The summed E-state index contributed by atoms with van der Waals surface area (Å²) in [5.74, 6) is -0.0810. The van der Waals surface area contributed by atoms with Crippen molar-refractivity contribution in [2.45, 2.75) is 38.2 Å². The minimum Gasteiger partial charge on any atom is -0.388 e. The van der Waals surface area contributed by atoms with Crippen molar-refractivity contribution in [3.05, 3.63) is 35.0 Å². The number of carbonyl (C=O) groups is 1.